The Kier molecular flexibility index (Phi) is 7.56. The Morgan fingerprint density at radius 3 is 1.62 bits per heavy atom. The summed E-state index contributed by atoms with van der Waals surface area (Å²) in [5, 5.41) is 0. The van der Waals surface area contributed by atoms with Crippen LogP contribution in [0.15, 0.2) is 42.5 Å². The van der Waals surface area contributed by atoms with Crippen LogP contribution in [0.4, 0.5) is 4.39 Å². The van der Waals surface area contributed by atoms with Crippen LogP contribution < -0.4 is 9.92 Å². The summed E-state index contributed by atoms with van der Waals surface area (Å²) in [5.41, 5.74) is 5.54. The third-order valence-corrected chi connectivity index (χ3v) is 4.29. The average Bonchev–Trinajstić information content (AvgIpc) is 2.52. The van der Waals surface area contributed by atoms with Gasteiger partial charge in [0.1, 0.15) is 5.82 Å². The standard InChI is InChI=1S/C15H23NO5S.C6H5F/c1-14(2,3)10-7-9(13(16)17)8-11(15(4,5)6)12(10)21-22(18,19)20;7-6-4-2-1-3-5-6/h7-8H,1-6H3,(H2,16,17)(H,18,19,20);1-5H. The zero-order valence-corrected chi connectivity index (χ0v) is 18.3. The van der Waals surface area contributed by atoms with Gasteiger partial charge in [-0.2, -0.15) is 8.42 Å². The third-order valence-electron chi connectivity index (χ3n) is 3.91. The Hall–Kier alpha value is -2.45. The fourth-order valence-corrected chi connectivity index (χ4v) is 2.89. The molecule has 3 N–H and O–H groups in total. The molecule has 0 bridgehead atoms. The van der Waals surface area contributed by atoms with Gasteiger partial charge in [0.15, 0.2) is 5.75 Å². The van der Waals surface area contributed by atoms with Gasteiger partial charge in [0.25, 0.3) is 0 Å². The molecule has 6 nitrogen and oxygen atoms in total. The average molecular weight is 426 g/mol. The van der Waals surface area contributed by atoms with E-state index in [1.54, 1.807) is 18.2 Å². The van der Waals surface area contributed by atoms with Crippen LogP contribution in [0.2, 0.25) is 0 Å². The van der Waals surface area contributed by atoms with E-state index < -0.39 is 27.1 Å². The second kappa shape index (κ2) is 8.92. The van der Waals surface area contributed by atoms with Gasteiger partial charge in [0, 0.05) is 16.7 Å². The Morgan fingerprint density at radius 2 is 1.38 bits per heavy atom. The van der Waals surface area contributed by atoms with E-state index in [-0.39, 0.29) is 17.1 Å². The number of carbonyl (C=O) groups excluding carboxylic acids is 1. The number of rotatable bonds is 3. The monoisotopic (exact) mass is 425 g/mol. The van der Waals surface area contributed by atoms with E-state index in [1.165, 1.54) is 24.3 Å². The molecule has 0 aliphatic heterocycles. The highest BCUT2D eigenvalue weighted by atomic mass is 32.3. The van der Waals surface area contributed by atoms with Crippen molar-refractivity contribution < 1.29 is 26.3 Å². The molecule has 0 unspecified atom stereocenters. The van der Waals surface area contributed by atoms with Crippen LogP contribution in [0.3, 0.4) is 0 Å². The number of nitrogens with two attached hydrogens (primary N) is 1. The van der Waals surface area contributed by atoms with E-state index in [1.807, 2.05) is 41.5 Å². The molecule has 0 fully saturated rings. The molecular formula is C21H28FNO5S. The van der Waals surface area contributed by atoms with Crippen LogP contribution in [-0.4, -0.2) is 18.9 Å². The Morgan fingerprint density at radius 1 is 0.966 bits per heavy atom. The van der Waals surface area contributed by atoms with Crippen molar-refractivity contribution in [3.63, 3.8) is 0 Å². The molecule has 2 rings (SSSR count). The molecule has 29 heavy (non-hydrogen) atoms. The van der Waals surface area contributed by atoms with Crippen molar-refractivity contribution in [1.82, 2.24) is 0 Å². The zero-order chi connectivity index (χ0) is 22.6. The maximum atomic E-state index is 11.9. The molecule has 8 heteroatoms. The van der Waals surface area contributed by atoms with Crippen LogP contribution >= 0.6 is 0 Å². The summed E-state index contributed by atoms with van der Waals surface area (Å²) in [5.74, 6) is -0.760. The van der Waals surface area contributed by atoms with E-state index in [0.29, 0.717) is 11.1 Å². The minimum Gasteiger partial charge on any atom is -0.366 e. The molecule has 0 spiro atoms. The minimum atomic E-state index is -4.69. The summed E-state index contributed by atoms with van der Waals surface area (Å²) in [7, 11) is -4.69. The first-order valence-electron chi connectivity index (χ1n) is 8.88. The van der Waals surface area contributed by atoms with Crippen LogP contribution in [-0.2, 0) is 21.2 Å². The summed E-state index contributed by atoms with van der Waals surface area (Å²) >= 11 is 0. The number of hydrogen-bond acceptors (Lipinski definition) is 4. The second-order valence-electron chi connectivity index (χ2n) is 8.57. The van der Waals surface area contributed by atoms with Gasteiger partial charge in [0.2, 0.25) is 5.91 Å². The highest BCUT2D eigenvalue weighted by Gasteiger charge is 2.30. The first kappa shape index (κ1) is 24.6. The zero-order valence-electron chi connectivity index (χ0n) is 17.5. The number of halogens is 1. The topological polar surface area (TPSA) is 107 Å². The van der Waals surface area contributed by atoms with Crippen molar-refractivity contribution in [2.75, 3.05) is 0 Å². The number of benzene rings is 2. The Labute approximate surface area is 171 Å². The number of amides is 1. The number of carbonyl (C=O) groups is 1. The molecule has 1 amide bonds. The highest BCUT2D eigenvalue weighted by Crippen LogP contribution is 2.41. The lowest BCUT2D eigenvalue weighted by Crippen LogP contribution is -2.24. The smallest absolute Gasteiger partial charge is 0.366 e. The van der Waals surface area contributed by atoms with E-state index in [9.17, 15) is 17.6 Å². The van der Waals surface area contributed by atoms with Gasteiger partial charge < -0.3 is 9.92 Å². The Bertz CT molecular complexity index is 924. The van der Waals surface area contributed by atoms with Gasteiger partial charge in [0.05, 0.1) is 0 Å². The molecule has 0 atom stereocenters. The third kappa shape index (κ3) is 7.83. The SMILES string of the molecule is CC(C)(C)c1cc(C(N)=O)cc(C(C)(C)C)c1OS(=O)(=O)O.Fc1ccccc1. The van der Waals surface area contributed by atoms with E-state index >= 15 is 0 Å². The van der Waals surface area contributed by atoms with Crippen molar-refractivity contribution in [2.45, 2.75) is 52.4 Å². The summed E-state index contributed by atoms with van der Waals surface area (Å²) in [4.78, 5) is 11.6. The van der Waals surface area contributed by atoms with Crippen LogP contribution in [0, 0.1) is 5.82 Å². The molecular weight excluding hydrogens is 397 g/mol. The summed E-state index contributed by atoms with van der Waals surface area (Å²) in [6.07, 6.45) is 0. The van der Waals surface area contributed by atoms with Crippen LogP contribution in [0.5, 0.6) is 5.75 Å². The Balaban J connectivity index is 0.000000502. The lowest BCUT2D eigenvalue weighted by atomic mass is 9.78. The van der Waals surface area contributed by atoms with Crippen molar-refractivity contribution >= 4 is 16.3 Å². The normalized spacial score (nSPS) is 12.0. The molecule has 2 aromatic carbocycles. The molecule has 0 aliphatic rings. The fourth-order valence-electron chi connectivity index (χ4n) is 2.50. The van der Waals surface area contributed by atoms with Gasteiger partial charge in [-0.1, -0.05) is 59.7 Å². The predicted molar refractivity (Wildman–Crippen MR) is 111 cm³/mol. The van der Waals surface area contributed by atoms with Gasteiger partial charge in [-0.3, -0.25) is 9.35 Å². The molecule has 0 aliphatic carbocycles. The lowest BCUT2D eigenvalue weighted by Gasteiger charge is -2.29. The maximum absolute atomic E-state index is 11.9. The summed E-state index contributed by atoms with van der Waals surface area (Å²) < 4.78 is 48.3. The van der Waals surface area contributed by atoms with Crippen LogP contribution in [0.25, 0.3) is 0 Å². The number of hydrogen-bond donors (Lipinski definition) is 2. The van der Waals surface area contributed by atoms with Gasteiger partial charge in [-0.05, 0) is 35.1 Å². The predicted octanol–water partition coefficient (Wildman–Crippen LogP) is 4.39. The quantitative estimate of drug-likeness (QED) is 0.710. The van der Waals surface area contributed by atoms with Crippen molar-refractivity contribution in [2.24, 2.45) is 5.73 Å². The molecule has 2 aromatic rings. The first-order chi connectivity index (χ1) is 13.0. The fraction of sp³-hybridized carbons (Fsp3) is 0.381. The molecule has 160 valence electrons. The van der Waals surface area contributed by atoms with Crippen molar-refractivity contribution in [1.29, 1.82) is 0 Å². The van der Waals surface area contributed by atoms with Gasteiger partial charge >= 0.3 is 10.4 Å². The highest BCUT2D eigenvalue weighted by molar-refractivity contribution is 7.81. The van der Waals surface area contributed by atoms with Crippen molar-refractivity contribution in [3.8, 4) is 5.75 Å². The maximum Gasteiger partial charge on any atom is 0.446 e. The minimum absolute atomic E-state index is 0.0347. The lowest BCUT2D eigenvalue weighted by molar-refractivity contribution is 0.1000. The molecule has 0 heterocycles. The molecule has 0 saturated carbocycles. The van der Waals surface area contributed by atoms with Crippen molar-refractivity contribution in [3.05, 3.63) is 65.0 Å². The number of primary amides is 1. The first-order valence-corrected chi connectivity index (χ1v) is 10.2. The summed E-state index contributed by atoms with van der Waals surface area (Å²) in [6.45, 7) is 11.1. The largest absolute Gasteiger partial charge is 0.446 e. The molecule has 0 radical (unpaired) electrons. The van der Waals surface area contributed by atoms with Gasteiger partial charge in [-0.15, -0.1) is 0 Å². The van der Waals surface area contributed by atoms with E-state index in [0.717, 1.165) is 0 Å². The molecule has 0 saturated heterocycles. The second-order valence-corrected chi connectivity index (χ2v) is 9.59. The van der Waals surface area contributed by atoms with E-state index in [2.05, 4.69) is 0 Å². The molecule has 0 aromatic heterocycles. The summed E-state index contributed by atoms with van der Waals surface area (Å²) in [6, 6.07) is 10.9. The van der Waals surface area contributed by atoms with E-state index in [4.69, 9.17) is 14.5 Å². The van der Waals surface area contributed by atoms with Crippen LogP contribution in [0.1, 0.15) is 63.0 Å². The van der Waals surface area contributed by atoms with Gasteiger partial charge in [-0.25, -0.2) is 4.39 Å².